The molecule has 4 nitrogen and oxygen atoms in total. The Hall–Kier alpha value is -0.806. The van der Waals surface area contributed by atoms with E-state index >= 15 is 0 Å². The van der Waals surface area contributed by atoms with Gasteiger partial charge in [0.2, 0.25) is 0 Å². The van der Waals surface area contributed by atoms with Crippen LogP contribution < -0.4 is 7.74 Å². The van der Waals surface area contributed by atoms with Crippen molar-refractivity contribution in [2.75, 3.05) is 28.2 Å². The van der Waals surface area contributed by atoms with Gasteiger partial charge in [0.1, 0.15) is 0 Å². The van der Waals surface area contributed by atoms with E-state index in [4.69, 9.17) is 0 Å². The zero-order valence-corrected chi connectivity index (χ0v) is 16.1. The van der Waals surface area contributed by atoms with E-state index in [1.807, 2.05) is 0 Å². The molecule has 2 aromatic heterocycles. The van der Waals surface area contributed by atoms with E-state index in [9.17, 15) is 0 Å². The number of rotatable bonds is 4. The molecule has 2 aromatic rings. The molecule has 0 aliphatic heterocycles. The van der Waals surface area contributed by atoms with E-state index in [1.165, 1.54) is 30.5 Å². The first-order valence-electron chi connectivity index (χ1n) is 7.39. The molecule has 2 N–H and O–H groups in total. The Morgan fingerprint density at radius 3 is 1.24 bits per heavy atom. The maximum absolute atomic E-state index is 3.50. The molecule has 0 atom stereocenters. The summed E-state index contributed by atoms with van der Waals surface area (Å²) in [6.45, 7) is 8.68. The normalized spacial score (nSPS) is 12.7. The summed E-state index contributed by atoms with van der Waals surface area (Å²) in [5, 5.41) is 0. The predicted octanol–water partition coefficient (Wildman–Crippen LogP) is 1.63. The number of nitrogens with zero attached hydrogens (tertiary/aromatic N) is 2. The number of hydrogen-bond donors (Lipinski definition) is 2. The summed E-state index contributed by atoms with van der Waals surface area (Å²) in [7, 11) is 8.90. The summed E-state index contributed by atoms with van der Waals surface area (Å²) in [5.74, 6) is 0. The first-order chi connectivity index (χ1) is 9.71. The van der Waals surface area contributed by atoms with Crippen LogP contribution in [0.4, 0.5) is 0 Å². The Bertz CT molecular complexity index is 580. The Kier molecular flexibility index (Phi) is 4.55. The molecule has 0 spiro atoms. The van der Waals surface area contributed by atoms with Crippen LogP contribution in [-0.4, -0.2) is 44.9 Å². The molecule has 0 aliphatic rings. The molecule has 0 fully saturated rings. The van der Waals surface area contributed by atoms with Crippen LogP contribution in [0.3, 0.4) is 0 Å². The Morgan fingerprint density at radius 1 is 0.714 bits per heavy atom. The Labute approximate surface area is 132 Å². The molecule has 0 amide bonds. The number of aryl methyl sites for hydroxylation is 4. The topological polar surface area (TPSA) is 38.1 Å². The van der Waals surface area contributed by atoms with Gasteiger partial charge in [-0.1, -0.05) is 0 Å². The summed E-state index contributed by atoms with van der Waals surface area (Å²) in [6.07, 6.45) is 0. The number of nitrogens with one attached hydrogen (secondary N) is 2. The molecule has 0 radical (unpaired) electrons. The van der Waals surface area contributed by atoms with E-state index in [0.29, 0.717) is 0 Å². The summed E-state index contributed by atoms with van der Waals surface area (Å²) in [5.41, 5.74) is 5.08. The van der Waals surface area contributed by atoms with Crippen molar-refractivity contribution in [3.05, 3.63) is 34.9 Å². The molecule has 0 saturated heterocycles. The molecule has 0 aromatic carbocycles. The van der Waals surface area contributed by atoms with E-state index < -0.39 is 17.1 Å². The van der Waals surface area contributed by atoms with Crippen molar-refractivity contribution in [2.24, 2.45) is 0 Å². The van der Waals surface area contributed by atoms with Crippen LogP contribution in [-0.2, 0) is 17.1 Å². The third kappa shape index (κ3) is 2.55. The first kappa shape index (κ1) is 16.6. The second kappa shape index (κ2) is 5.77. The van der Waals surface area contributed by atoms with Gasteiger partial charge in [-0.15, -0.1) is 0 Å². The van der Waals surface area contributed by atoms with Crippen molar-refractivity contribution in [3.8, 4) is 0 Å². The Morgan fingerprint density at radius 2 is 1.05 bits per heavy atom. The predicted molar refractivity (Wildman–Crippen MR) is 87.2 cm³/mol. The van der Waals surface area contributed by atoms with E-state index in [1.54, 1.807) is 0 Å². The van der Waals surface area contributed by atoms with E-state index in [0.717, 1.165) is 0 Å². The van der Waals surface area contributed by atoms with Crippen molar-refractivity contribution < 1.29 is 17.1 Å². The van der Waals surface area contributed by atoms with Crippen LogP contribution in [0.2, 0.25) is 0 Å². The standard InChI is InChI=1S/2C6H8N.2C2H6N.Ti/c2*1-5-3-4-6(2)7-5;2*1-3-2;/h2*3,7H,1-2H3;2*1-2H3;/q;;2*-1;+2. The third-order valence-electron chi connectivity index (χ3n) is 4.34. The second-order valence-corrected chi connectivity index (χ2v) is 13.0. The summed E-state index contributed by atoms with van der Waals surface area (Å²) in [4.78, 5) is 7.00. The quantitative estimate of drug-likeness (QED) is 0.839. The minimum atomic E-state index is -2.80. The van der Waals surface area contributed by atoms with Crippen LogP contribution in [0.5, 0.6) is 0 Å². The molecule has 0 unspecified atom stereocenters. The summed E-state index contributed by atoms with van der Waals surface area (Å²) in [6, 6.07) is 4.69. The molecule has 2 rings (SSSR count). The van der Waals surface area contributed by atoms with Gasteiger partial charge in [-0.3, -0.25) is 0 Å². The van der Waals surface area contributed by atoms with Crippen molar-refractivity contribution in [1.29, 1.82) is 0 Å². The minimum absolute atomic E-state index is 1.24. The summed E-state index contributed by atoms with van der Waals surface area (Å²) >= 11 is -2.80. The monoisotopic (exact) mass is 324 g/mol. The number of aromatic amines is 2. The van der Waals surface area contributed by atoms with Crippen LogP contribution >= 0.6 is 0 Å². The van der Waals surface area contributed by atoms with Gasteiger partial charge in [-0.25, -0.2) is 0 Å². The SMILES string of the molecule is Cc1c[c]([Ti]([c]2cc(C)[nH]c2C)([N](C)C)[N](C)C)c(C)[nH]1. The first-order valence-corrected chi connectivity index (χ1v) is 10.3. The van der Waals surface area contributed by atoms with Crippen molar-refractivity contribution in [1.82, 2.24) is 16.7 Å². The van der Waals surface area contributed by atoms with E-state index in [2.05, 4.69) is 84.8 Å². The van der Waals surface area contributed by atoms with Crippen LogP contribution in [0.1, 0.15) is 22.8 Å². The van der Waals surface area contributed by atoms with Crippen LogP contribution in [0.25, 0.3) is 0 Å². The zero-order chi connectivity index (χ0) is 15.9. The van der Waals surface area contributed by atoms with E-state index in [-0.39, 0.29) is 0 Å². The van der Waals surface area contributed by atoms with Crippen LogP contribution in [0.15, 0.2) is 12.1 Å². The average molecular weight is 324 g/mol. The molecule has 0 bridgehead atoms. The van der Waals surface area contributed by atoms with Gasteiger partial charge in [0.15, 0.2) is 0 Å². The van der Waals surface area contributed by atoms with Gasteiger partial charge in [0, 0.05) is 0 Å². The fourth-order valence-corrected chi connectivity index (χ4v) is 11.5. The molecular weight excluding hydrogens is 296 g/mol. The Balaban J connectivity index is 2.82. The number of aromatic nitrogens is 2. The summed E-state index contributed by atoms with van der Waals surface area (Å²) < 4.78 is 7.94. The molecular formula is C16H28N4Ti. The van der Waals surface area contributed by atoms with Gasteiger partial charge < -0.3 is 0 Å². The molecule has 21 heavy (non-hydrogen) atoms. The van der Waals surface area contributed by atoms with Gasteiger partial charge in [-0.05, 0) is 0 Å². The fraction of sp³-hybridized carbons (Fsp3) is 0.500. The molecule has 5 heteroatoms. The van der Waals surface area contributed by atoms with Gasteiger partial charge in [0.05, 0.1) is 0 Å². The molecule has 0 aliphatic carbocycles. The van der Waals surface area contributed by atoms with Gasteiger partial charge in [0.25, 0.3) is 0 Å². The zero-order valence-electron chi connectivity index (χ0n) is 14.5. The number of hydrogen-bond acceptors (Lipinski definition) is 2. The van der Waals surface area contributed by atoms with Gasteiger partial charge in [-0.2, -0.15) is 0 Å². The second-order valence-electron chi connectivity index (χ2n) is 6.44. The number of H-pyrrole nitrogens is 2. The van der Waals surface area contributed by atoms with Crippen molar-refractivity contribution in [2.45, 2.75) is 27.7 Å². The third-order valence-corrected chi connectivity index (χ3v) is 12.4. The van der Waals surface area contributed by atoms with Crippen molar-refractivity contribution >= 4 is 7.74 Å². The fourth-order valence-electron chi connectivity index (χ4n) is 3.68. The molecule has 0 saturated carbocycles. The van der Waals surface area contributed by atoms with Gasteiger partial charge >= 0.3 is 132 Å². The molecule has 116 valence electrons. The van der Waals surface area contributed by atoms with Crippen LogP contribution in [0, 0.1) is 27.7 Å². The maximum atomic E-state index is 3.50. The van der Waals surface area contributed by atoms with Crippen molar-refractivity contribution in [3.63, 3.8) is 0 Å². The molecule has 2 heterocycles. The average Bonchev–Trinajstić information content (AvgIpc) is 2.83.